The van der Waals surface area contributed by atoms with Crippen LogP contribution in [0.5, 0.6) is 0 Å². The van der Waals surface area contributed by atoms with Gasteiger partial charge in [-0.05, 0) is 50.3 Å². The number of anilines is 1. The molecule has 0 aliphatic rings. The van der Waals surface area contributed by atoms with E-state index in [1.807, 2.05) is 38.1 Å². The topological polar surface area (TPSA) is 127 Å². The van der Waals surface area contributed by atoms with Crippen molar-refractivity contribution in [1.82, 2.24) is 34.9 Å². The van der Waals surface area contributed by atoms with Gasteiger partial charge in [0.05, 0.1) is 17.1 Å². The van der Waals surface area contributed by atoms with Crippen LogP contribution in [0, 0.1) is 19.8 Å². The quantitative estimate of drug-likeness (QED) is 0.422. The number of hydrogen-bond donors (Lipinski definition) is 3. The Morgan fingerprint density at radius 3 is 2.71 bits per heavy atom. The van der Waals surface area contributed by atoms with Gasteiger partial charge in [0.1, 0.15) is 5.82 Å². The molecular formula is C22H28N8O. The smallest absolute Gasteiger partial charge is 0.254 e. The predicted octanol–water partition coefficient (Wildman–Crippen LogP) is 3.04. The van der Waals surface area contributed by atoms with Gasteiger partial charge in [-0.1, -0.05) is 26.0 Å². The Kier molecular flexibility index (Phi) is 5.58. The van der Waals surface area contributed by atoms with E-state index in [9.17, 15) is 4.79 Å². The average molecular weight is 421 g/mol. The highest BCUT2D eigenvalue weighted by atomic mass is 16.1. The molecule has 3 heterocycles. The Morgan fingerprint density at radius 1 is 1.19 bits per heavy atom. The van der Waals surface area contributed by atoms with Crippen LogP contribution in [0.25, 0.3) is 16.8 Å². The lowest BCUT2D eigenvalue weighted by atomic mass is 10.0. The van der Waals surface area contributed by atoms with Crippen molar-refractivity contribution in [3.05, 3.63) is 47.0 Å². The van der Waals surface area contributed by atoms with Crippen molar-refractivity contribution in [1.29, 1.82) is 0 Å². The molecule has 0 saturated carbocycles. The molecule has 0 bridgehead atoms. The lowest BCUT2D eigenvalue weighted by molar-refractivity contribution is -0.122. The number of aromatic amines is 1. The molecule has 0 aliphatic heterocycles. The van der Waals surface area contributed by atoms with Gasteiger partial charge in [0, 0.05) is 17.8 Å². The molecule has 4 aromatic rings. The number of nitrogen functional groups attached to an aromatic ring is 1. The monoisotopic (exact) mass is 420 g/mol. The zero-order valence-corrected chi connectivity index (χ0v) is 18.3. The predicted molar refractivity (Wildman–Crippen MR) is 119 cm³/mol. The Balaban J connectivity index is 1.50. The van der Waals surface area contributed by atoms with Crippen LogP contribution in [0.15, 0.2) is 24.3 Å². The summed E-state index contributed by atoms with van der Waals surface area (Å²) in [4.78, 5) is 29.5. The molecule has 0 unspecified atom stereocenters. The third-order valence-corrected chi connectivity index (χ3v) is 5.45. The summed E-state index contributed by atoms with van der Waals surface area (Å²) in [6, 6.07) is 7.72. The zero-order valence-electron chi connectivity index (χ0n) is 18.3. The molecule has 0 spiro atoms. The number of para-hydroxylation sites is 2. The molecule has 31 heavy (non-hydrogen) atoms. The van der Waals surface area contributed by atoms with E-state index in [0.717, 1.165) is 40.2 Å². The first-order valence-corrected chi connectivity index (χ1v) is 10.5. The summed E-state index contributed by atoms with van der Waals surface area (Å²) in [6.07, 6.45) is 1.70. The molecule has 4 rings (SSSR count). The highest BCUT2D eigenvalue weighted by molar-refractivity contribution is 5.77. The SMILES string of the molecule is Cc1nc2nc(N)nn2c(C)c1CCC(=O)N[C@H](CC(C)C)c1nc2ccccc2[nH]1. The van der Waals surface area contributed by atoms with E-state index < -0.39 is 0 Å². The third-order valence-electron chi connectivity index (χ3n) is 5.45. The van der Waals surface area contributed by atoms with E-state index in [2.05, 4.69) is 39.2 Å². The number of fused-ring (bicyclic) bond motifs is 2. The van der Waals surface area contributed by atoms with E-state index >= 15 is 0 Å². The van der Waals surface area contributed by atoms with E-state index in [0.29, 0.717) is 24.5 Å². The van der Waals surface area contributed by atoms with Crippen LogP contribution in [-0.4, -0.2) is 35.5 Å². The van der Waals surface area contributed by atoms with Crippen molar-refractivity contribution in [2.45, 2.75) is 53.0 Å². The van der Waals surface area contributed by atoms with Crippen LogP contribution < -0.4 is 11.1 Å². The minimum absolute atomic E-state index is 0.0249. The van der Waals surface area contributed by atoms with Crippen molar-refractivity contribution in [2.75, 3.05) is 5.73 Å². The fraction of sp³-hybridized carbons (Fsp3) is 0.409. The minimum Gasteiger partial charge on any atom is -0.366 e. The number of H-pyrrole nitrogens is 1. The molecule has 1 atom stereocenters. The van der Waals surface area contributed by atoms with Gasteiger partial charge in [0.2, 0.25) is 11.9 Å². The fourth-order valence-electron chi connectivity index (χ4n) is 3.94. The van der Waals surface area contributed by atoms with Gasteiger partial charge >= 0.3 is 0 Å². The lowest BCUT2D eigenvalue weighted by Gasteiger charge is -2.19. The summed E-state index contributed by atoms with van der Waals surface area (Å²) in [5, 5.41) is 7.36. The van der Waals surface area contributed by atoms with E-state index in [4.69, 9.17) is 10.7 Å². The molecular weight excluding hydrogens is 392 g/mol. The second kappa shape index (κ2) is 8.33. The Bertz CT molecular complexity index is 1210. The van der Waals surface area contributed by atoms with E-state index in [-0.39, 0.29) is 17.9 Å². The van der Waals surface area contributed by atoms with Gasteiger partial charge in [-0.25, -0.2) is 9.97 Å². The average Bonchev–Trinajstić information content (AvgIpc) is 3.30. The number of carbonyl (C=O) groups is 1. The Morgan fingerprint density at radius 2 is 1.97 bits per heavy atom. The second-order valence-corrected chi connectivity index (χ2v) is 8.33. The minimum atomic E-state index is -0.169. The van der Waals surface area contributed by atoms with Gasteiger partial charge in [0.25, 0.3) is 5.78 Å². The van der Waals surface area contributed by atoms with E-state index in [1.165, 1.54) is 0 Å². The van der Waals surface area contributed by atoms with Gasteiger partial charge < -0.3 is 16.0 Å². The number of rotatable bonds is 7. The first kappa shape index (κ1) is 20.8. The van der Waals surface area contributed by atoms with Crippen molar-refractivity contribution in [2.24, 2.45) is 5.92 Å². The molecule has 0 radical (unpaired) electrons. The van der Waals surface area contributed by atoms with Crippen LogP contribution >= 0.6 is 0 Å². The molecule has 9 nitrogen and oxygen atoms in total. The van der Waals surface area contributed by atoms with Gasteiger partial charge in [-0.2, -0.15) is 9.50 Å². The maximum absolute atomic E-state index is 12.9. The van der Waals surface area contributed by atoms with Crippen molar-refractivity contribution in [3.63, 3.8) is 0 Å². The Labute approximate surface area is 180 Å². The molecule has 1 amide bonds. The largest absolute Gasteiger partial charge is 0.366 e. The normalized spacial score (nSPS) is 12.7. The summed E-state index contributed by atoms with van der Waals surface area (Å²) in [5.74, 6) is 1.84. The maximum atomic E-state index is 12.9. The first-order chi connectivity index (χ1) is 14.8. The number of benzene rings is 1. The Hall–Kier alpha value is -3.49. The highest BCUT2D eigenvalue weighted by Gasteiger charge is 2.20. The molecule has 3 aromatic heterocycles. The fourth-order valence-corrected chi connectivity index (χ4v) is 3.94. The van der Waals surface area contributed by atoms with Gasteiger partial charge in [-0.3, -0.25) is 4.79 Å². The lowest BCUT2D eigenvalue weighted by Crippen LogP contribution is -2.30. The number of imidazole rings is 1. The molecule has 9 heteroatoms. The summed E-state index contributed by atoms with van der Waals surface area (Å²) in [7, 11) is 0. The molecule has 0 aliphatic carbocycles. The number of aromatic nitrogens is 6. The van der Waals surface area contributed by atoms with Crippen LogP contribution in [0.1, 0.15) is 55.5 Å². The summed E-state index contributed by atoms with van der Waals surface area (Å²) < 4.78 is 1.63. The van der Waals surface area contributed by atoms with E-state index in [1.54, 1.807) is 4.52 Å². The maximum Gasteiger partial charge on any atom is 0.254 e. The summed E-state index contributed by atoms with van der Waals surface area (Å²) in [6.45, 7) is 8.14. The number of amides is 1. The van der Waals surface area contributed by atoms with Crippen molar-refractivity contribution in [3.8, 4) is 0 Å². The van der Waals surface area contributed by atoms with Crippen LogP contribution in [0.3, 0.4) is 0 Å². The number of carbonyl (C=O) groups excluding carboxylic acids is 1. The summed E-state index contributed by atoms with van der Waals surface area (Å²) >= 11 is 0. The summed E-state index contributed by atoms with van der Waals surface area (Å²) in [5.41, 5.74) is 10.3. The van der Waals surface area contributed by atoms with Crippen LogP contribution in [-0.2, 0) is 11.2 Å². The number of nitrogens with zero attached hydrogens (tertiary/aromatic N) is 5. The zero-order chi connectivity index (χ0) is 22.1. The third kappa shape index (κ3) is 4.35. The number of nitrogens with one attached hydrogen (secondary N) is 2. The van der Waals surface area contributed by atoms with Crippen molar-refractivity contribution < 1.29 is 4.79 Å². The molecule has 4 N–H and O–H groups in total. The molecule has 0 saturated heterocycles. The standard InChI is InChI=1S/C22H28N8O/c1-12(2)11-18(20-26-16-7-5-6-8-17(16)27-20)25-19(31)10-9-15-13(3)24-22-28-21(23)29-30(22)14(15)4/h5-8,12,18H,9-11H2,1-4H3,(H2,23,29)(H,25,31)(H,26,27)/t18-/m1/s1. The number of aryl methyl sites for hydroxylation is 2. The molecule has 162 valence electrons. The highest BCUT2D eigenvalue weighted by Crippen LogP contribution is 2.22. The van der Waals surface area contributed by atoms with Crippen LogP contribution in [0.4, 0.5) is 5.95 Å². The number of hydrogen-bond acceptors (Lipinski definition) is 6. The molecule has 0 fully saturated rings. The van der Waals surface area contributed by atoms with Crippen molar-refractivity contribution >= 4 is 28.7 Å². The van der Waals surface area contributed by atoms with Gasteiger partial charge in [-0.15, -0.1) is 5.10 Å². The first-order valence-electron chi connectivity index (χ1n) is 10.5. The second-order valence-electron chi connectivity index (χ2n) is 8.33. The number of nitrogens with two attached hydrogens (primary N) is 1. The van der Waals surface area contributed by atoms with Gasteiger partial charge in [0.15, 0.2) is 0 Å². The molecule has 1 aromatic carbocycles. The van der Waals surface area contributed by atoms with Crippen LogP contribution in [0.2, 0.25) is 0 Å².